The van der Waals surface area contributed by atoms with Crippen LogP contribution in [0.2, 0.25) is 0 Å². The van der Waals surface area contributed by atoms with Crippen LogP contribution in [0.5, 0.6) is 5.75 Å². The zero-order chi connectivity index (χ0) is 20.5. The summed E-state index contributed by atoms with van der Waals surface area (Å²) >= 11 is 0. The van der Waals surface area contributed by atoms with Crippen LogP contribution in [-0.4, -0.2) is 61.7 Å². The predicted octanol–water partition coefficient (Wildman–Crippen LogP) is 0.896. The van der Waals surface area contributed by atoms with E-state index in [1.54, 1.807) is 19.5 Å². The largest absolute Gasteiger partial charge is 0.496 e. The van der Waals surface area contributed by atoms with E-state index in [4.69, 9.17) is 9.47 Å². The van der Waals surface area contributed by atoms with Crippen LogP contribution in [-0.2, 0) is 20.9 Å². The van der Waals surface area contributed by atoms with Crippen LogP contribution in [0.3, 0.4) is 0 Å². The van der Waals surface area contributed by atoms with Crippen LogP contribution in [0, 0.1) is 0 Å². The van der Waals surface area contributed by atoms with Gasteiger partial charge in [0.2, 0.25) is 0 Å². The van der Waals surface area contributed by atoms with Crippen molar-refractivity contribution in [2.45, 2.75) is 12.6 Å². The topological polar surface area (TPSA) is 92.8 Å². The number of rotatable bonds is 7. The molecule has 8 nitrogen and oxygen atoms in total. The molecule has 0 spiro atoms. The van der Waals surface area contributed by atoms with E-state index in [1.807, 2.05) is 36.4 Å². The number of methoxy groups -OCH3 is 1. The Kier molecular flexibility index (Phi) is 7.54. The summed E-state index contributed by atoms with van der Waals surface area (Å²) in [6, 6.07) is 11.1. The third kappa shape index (κ3) is 5.75. The Bertz CT molecular complexity index is 809. The number of carbonyl (C=O) groups is 2. The van der Waals surface area contributed by atoms with Crippen molar-refractivity contribution < 1.29 is 19.1 Å². The van der Waals surface area contributed by atoms with Gasteiger partial charge in [0.25, 0.3) is 0 Å². The summed E-state index contributed by atoms with van der Waals surface area (Å²) in [6.07, 6.45) is 3.50. The van der Waals surface area contributed by atoms with Crippen molar-refractivity contribution >= 4 is 11.8 Å². The average Bonchev–Trinajstić information content (AvgIpc) is 2.79. The second-order valence-corrected chi connectivity index (χ2v) is 6.66. The third-order valence-electron chi connectivity index (χ3n) is 4.85. The molecule has 2 N–H and O–H groups in total. The molecule has 154 valence electrons. The van der Waals surface area contributed by atoms with Gasteiger partial charge < -0.3 is 20.1 Å². The highest BCUT2D eigenvalue weighted by Crippen LogP contribution is 2.20. The van der Waals surface area contributed by atoms with Crippen LogP contribution < -0.4 is 15.4 Å². The van der Waals surface area contributed by atoms with Crippen molar-refractivity contribution in [3.05, 3.63) is 59.9 Å². The molecule has 0 unspecified atom stereocenters. The first-order chi connectivity index (χ1) is 14.2. The maximum atomic E-state index is 12.3. The van der Waals surface area contributed by atoms with Crippen LogP contribution in [0.4, 0.5) is 0 Å². The highest BCUT2D eigenvalue weighted by atomic mass is 16.5. The third-order valence-corrected chi connectivity index (χ3v) is 4.85. The number of hydrogen-bond donors (Lipinski definition) is 2. The van der Waals surface area contributed by atoms with Gasteiger partial charge in [-0.15, -0.1) is 0 Å². The monoisotopic (exact) mass is 398 g/mol. The van der Waals surface area contributed by atoms with E-state index in [-0.39, 0.29) is 12.6 Å². The van der Waals surface area contributed by atoms with Gasteiger partial charge in [-0.05, 0) is 17.7 Å². The summed E-state index contributed by atoms with van der Waals surface area (Å²) in [4.78, 5) is 31.0. The maximum Gasteiger partial charge on any atom is 0.309 e. The Hall–Kier alpha value is -2.97. The first-order valence-corrected chi connectivity index (χ1v) is 9.58. The Labute approximate surface area is 170 Å². The van der Waals surface area contributed by atoms with Crippen LogP contribution in [0.1, 0.15) is 17.2 Å². The highest BCUT2D eigenvalue weighted by molar-refractivity contribution is 6.35. The molecule has 0 bridgehead atoms. The second kappa shape index (κ2) is 10.5. The van der Waals surface area contributed by atoms with Gasteiger partial charge in [0.15, 0.2) is 0 Å². The van der Waals surface area contributed by atoms with Crippen molar-refractivity contribution in [2.75, 3.05) is 40.0 Å². The Morgan fingerprint density at radius 1 is 1.14 bits per heavy atom. The lowest BCUT2D eigenvalue weighted by molar-refractivity contribution is -0.139. The summed E-state index contributed by atoms with van der Waals surface area (Å²) in [5, 5.41) is 5.39. The summed E-state index contributed by atoms with van der Waals surface area (Å²) < 4.78 is 10.7. The summed E-state index contributed by atoms with van der Waals surface area (Å²) in [7, 11) is 1.57. The van der Waals surface area contributed by atoms with Crippen LogP contribution in [0.15, 0.2) is 48.8 Å². The molecule has 1 aliphatic heterocycles. The molecule has 0 aliphatic carbocycles. The maximum absolute atomic E-state index is 12.3. The lowest BCUT2D eigenvalue weighted by atomic mass is 10.1. The highest BCUT2D eigenvalue weighted by Gasteiger charge is 2.24. The molecule has 1 aromatic carbocycles. The summed E-state index contributed by atoms with van der Waals surface area (Å²) in [6.45, 7) is 3.33. The predicted molar refractivity (Wildman–Crippen MR) is 107 cm³/mol. The Morgan fingerprint density at radius 3 is 2.62 bits per heavy atom. The van der Waals surface area contributed by atoms with E-state index in [9.17, 15) is 9.59 Å². The molecule has 1 atom stereocenters. The zero-order valence-corrected chi connectivity index (χ0v) is 16.5. The number of carbonyl (C=O) groups excluding carboxylic acids is 2. The Balaban J connectivity index is 1.57. The normalized spacial score (nSPS) is 15.3. The SMILES string of the molecule is COc1ccccc1CNC(=O)C(=O)NC[C@@H](c1cccnc1)N1CCOCC1. The van der Waals surface area contributed by atoms with Gasteiger partial charge in [-0.3, -0.25) is 19.5 Å². The lowest BCUT2D eigenvalue weighted by Gasteiger charge is -2.34. The minimum atomic E-state index is -0.678. The summed E-state index contributed by atoms with van der Waals surface area (Å²) in [5.74, 6) is -0.679. The van der Waals surface area contributed by atoms with Crippen LogP contribution in [0.25, 0.3) is 0 Å². The molecule has 0 saturated carbocycles. The molecule has 1 aliphatic rings. The van der Waals surface area contributed by atoms with Crippen molar-refractivity contribution in [1.82, 2.24) is 20.5 Å². The number of nitrogens with zero attached hydrogens (tertiary/aromatic N) is 2. The van der Waals surface area contributed by atoms with Gasteiger partial charge in [0, 0.05) is 44.1 Å². The van der Waals surface area contributed by atoms with E-state index in [2.05, 4.69) is 20.5 Å². The van der Waals surface area contributed by atoms with Crippen molar-refractivity contribution in [2.24, 2.45) is 0 Å². The van der Waals surface area contributed by atoms with Gasteiger partial charge in [0.05, 0.1) is 26.4 Å². The molecule has 2 amide bonds. The van der Waals surface area contributed by atoms with E-state index in [0.29, 0.717) is 25.5 Å². The van der Waals surface area contributed by atoms with Gasteiger partial charge in [-0.1, -0.05) is 24.3 Å². The zero-order valence-electron chi connectivity index (χ0n) is 16.5. The molecular weight excluding hydrogens is 372 g/mol. The van der Waals surface area contributed by atoms with Gasteiger partial charge in [0.1, 0.15) is 5.75 Å². The van der Waals surface area contributed by atoms with E-state index in [1.165, 1.54) is 0 Å². The molecule has 1 aromatic heterocycles. The van der Waals surface area contributed by atoms with E-state index < -0.39 is 11.8 Å². The minimum absolute atomic E-state index is 0.0708. The number of aromatic nitrogens is 1. The number of para-hydroxylation sites is 1. The standard InChI is InChI=1S/C21H26N4O4/c1-28-19-7-3-2-5-17(19)14-23-20(26)21(27)24-15-18(16-6-4-8-22-13-16)25-9-11-29-12-10-25/h2-8,13,18H,9-12,14-15H2,1H3,(H,23,26)(H,24,27)/t18-/m0/s1. The number of benzene rings is 1. The number of ether oxygens (including phenoxy) is 2. The van der Waals surface area contributed by atoms with Gasteiger partial charge >= 0.3 is 11.8 Å². The first kappa shape index (κ1) is 20.8. The molecule has 2 aromatic rings. The molecule has 3 rings (SSSR count). The number of hydrogen-bond acceptors (Lipinski definition) is 6. The molecule has 1 fully saturated rings. The van der Waals surface area contributed by atoms with E-state index in [0.717, 1.165) is 24.2 Å². The number of amides is 2. The molecule has 8 heteroatoms. The van der Waals surface area contributed by atoms with Gasteiger partial charge in [-0.2, -0.15) is 0 Å². The van der Waals surface area contributed by atoms with Crippen molar-refractivity contribution in [1.29, 1.82) is 0 Å². The van der Waals surface area contributed by atoms with Crippen LogP contribution >= 0.6 is 0 Å². The number of pyridine rings is 1. The smallest absolute Gasteiger partial charge is 0.309 e. The number of nitrogens with one attached hydrogen (secondary N) is 2. The molecule has 1 saturated heterocycles. The molecule has 0 radical (unpaired) electrons. The fraction of sp³-hybridized carbons (Fsp3) is 0.381. The van der Waals surface area contributed by atoms with Crippen molar-refractivity contribution in [3.8, 4) is 5.75 Å². The number of morpholine rings is 1. The Morgan fingerprint density at radius 2 is 1.90 bits per heavy atom. The average molecular weight is 398 g/mol. The van der Waals surface area contributed by atoms with E-state index >= 15 is 0 Å². The molecule has 2 heterocycles. The van der Waals surface area contributed by atoms with Crippen molar-refractivity contribution in [3.63, 3.8) is 0 Å². The molecule has 29 heavy (non-hydrogen) atoms. The minimum Gasteiger partial charge on any atom is -0.496 e. The fourth-order valence-corrected chi connectivity index (χ4v) is 3.29. The first-order valence-electron chi connectivity index (χ1n) is 9.58. The lowest BCUT2D eigenvalue weighted by Crippen LogP contribution is -2.46. The summed E-state index contributed by atoms with van der Waals surface area (Å²) in [5.41, 5.74) is 1.79. The molecular formula is C21H26N4O4. The fourth-order valence-electron chi connectivity index (χ4n) is 3.29. The van der Waals surface area contributed by atoms with Gasteiger partial charge in [-0.25, -0.2) is 0 Å². The quantitative estimate of drug-likeness (QED) is 0.673. The second-order valence-electron chi connectivity index (χ2n) is 6.66.